The Bertz CT molecular complexity index is 111. The van der Waals surface area contributed by atoms with Crippen molar-refractivity contribution >= 4 is 0 Å². The van der Waals surface area contributed by atoms with Crippen molar-refractivity contribution in [3.8, 4) is 6.07 Å². The largest absolute Gasteiger partial charge is 0.377 e. The molecule has 1 saturated heterocycles. The van der Waals surface area contributed by atoms with Gasteiger partial charge < -0.3 is 4.74 Å². The van der Waals surface area contributed by atoms with Crippen LogP contribution in [0.3, 0.4) is 0 Å². The van der Waals surface area contributed by atoms with Crippen molar-refractivity contribution in [2.24, 2.45) is 0 Å². The van der Waals surface area contributed by atoms with Crippen molar-refractivity contribution in [1.29, 1.82) is 5.26 Å². The minimum atomic E-state index is 0.240. The van der Waals surface area contributed by atoms with E-state index in [4.69, 9.17) is 10.00 Å². The Morgan fingerprint density at radius 1 is 1.56 bits per heavy atom. The van der Waals surface area contributed by atoms with Crippen molar-refractivity contribution in [3.05, 3.63) is 0 Å². The van der Waals surface area contributed by atoms with E-state index in [0.717, 1.165) is 13.0 Å². The first-order valence-electron chi connectivity index (χ1n) is 3.42. The van der Waals surface area contributed by atoms with Crippen LogP contribution in [0.4, 0.5) is 0 Å². The van der Waals surface area contributed by atoms with E-state index in [0.29, 0.717) is 6.42 Å². The number of ether oxygens (including phenoxy) is 1. The molecule has 2 nitrogen and oxygen atoms in total. The summed E-state index contributed by atoms with van der Waals surface area (Å²) in [6, 6.07) is 2.11. The summed E-state index contributed by atoms with van der Waals surface area (Å²) in [5.74, 6) is 0. The molecule has 1 fully saturated rings. The van der Waals surface area contributed by atoms with Gasteiger partial charge in [0.05, 0.1) is 18.6 Å². The van der Waals surface area contributed by atoms with Crippen molar-refractivity contribution < 1.29 is 4.74 Å². The minimum absolute atomic E-state index is 0.240. The maximum absolute atomic E-state index is 8.29. The topological polar surface area (TPSA) is 33.0 Å². The van der Waals surface area contributed by atoms with Crippen molar-refractivity contribution in [2.75, 3.05) is 6.61 Å². The molecule has 1 aliphatic heterocycles. The Balaban J connectivity index is 2.17. The van der Waals surface area contributed by atoms with E-state index in [9.17, 15) is 0 Å². The number of nitrogens with zero attached hydrogens (tertiary/aromatic N) is 1. The van der Waals surface area contributed by atoms with E-state index in [-0.39, 0.29) is 6.10 Å². The lowest BCUT2D eigenvalue weighted by Crippen LogP contribution is -2.17. The highest BCUT2D eigenvalue weighted by atomic mass is 16.5. The number of nitriles is 1. The Morgan fingerprint density at radius 3 is 3.00 bits per heavy atom. The van der Waals surface area contributed by atoms with Gasteiger partial charge in [-0.05, 0) is 19.3 Å². The Kier molecular flexibility index (Phi) is 2.53. The van der Waals surface area contributed by atoms with Crippen molar-refractivity contribution in [2.45, 2.75) is 31.8 Å². The fourth-order valence-electron chi connectivity index (χ4n) is 1.07. The number of hydrogen-bond acceptors (Lipinski definition) is 2. The van der Waals surface area contributed by atoms with Crippen LogP contribution in [0.5, 0.6) is 0 Å². The quantitative estimate of drug-likeness (QED) is 0.531. The molecule has 0 aromatic carbocycles. The van der Waals surface area contributed by atoms with Gasteiger partial charge in [0.2, 0.25) is 0 Å². The van der Waals surface area contributed by atoms with Crippen molar-refractivity contribution in [1.82, 2.24) is 0 Å². The second kappa shape index (κ2) is 3.47. The first-order valence-corrected chi connectivity index (χ1v) is 3.42. The lowest BCUT2D eigenvalue weighted by Gasteiger charge is -2.19. The van der Waals surface area contributed by atoms with Gasteiger partial charge in [0.25, 0.3) is 0 Å². The average molecular weight is 125 g/mol. The van der Waals surface area contributed by atoms with E-state index in [1.807, 2.05) is 0 Å². The summed E-state index contributed by atoms with van der Waals surface area (Å²) in [5.41, 5.74) is 0. The van der Waals surface area contributed by atoms with Gasteiger partial charge in [-0.1, -0.05) is 0 Å². The van der Waals surface area contributed by atoms with Crippen LogP contribution in [-0.2, 0) is 4.74 Å². The molecule has 0 N–H and O–H groups in total. The predicted molar refractivity (Wildman–Crippen MR) is 33.8 cm³/mol. The van der Waals surface area contributed by atoms with E-state index >= 15 is 0 Å². The zero-order valence-corrected chi connectivity index (χ0v) is 5.47. The third kappa shape index (κ3) is 2.03. The zero-order valence-electron chi connectivity index (χ0n) is 5.47. The molecular weight excluding hydrogens is 114 g/mol. The smallest absolute Gasteiger partial charge is 0.0704 e. The van der Waals surface area contributed by atoms with Crippen LogP contribution < -0.4 is 0 Å². The summed E-state index contributed by atoms with van der Waals surface area (Å²) in [5, 5.41) is 8.29. The van der Waals surface area contributed by atoms with Crippen LogP contribution in [0.2, 0.25) is 0 Å². The molecule has 1 rings (SSSR count). The molecule has 9 heavy (non-hydrogen) atoms. The second-order valence-corrected chi connectivity index (χ2v) is 2.35. The SMILES string of the molecule is N#CC[C@H]1CCCCO1. The third-order valence-electron chi connectivity index (χ3n) is 1.59. The monoisotopic (exact) mass is 125 g/mol. The number of hydrogen-bond donors (Lipinski definition) is 0. The van der Waals surface area contributed by atoms with Gasteiger partial charge in [0.15, 0.2) is 0 Å². The average Bonchev–Trinajstić information content (AvgIpc) is 1.91. The number of rotatable bonds is 1. The Labute approximate surface area is 55.4 Å². The Hall–Kier alpha value is -0.550. The fourth-order valence-corrected chi connectivity index (χ4v) is 1.07. The van der Waals surface area contributed by atoms with E-state index in [1.165, 1.54) is 12.8 Å². The minimum Gasteiger partial charge on any atom is -0.377 e. The molecule has 0 amide bonds. The molecule has 0 saturated carbocycles. The molecule has 0 bridgehead atoms. The van der Waals surface area contributed by atoms with Gasteiger partial charge in [-0.3, -0.25) is 0 Å². The summed E-state index contributed by atoms with van der Waals surface area (Å²) >= 11 is 0. The maximum Gasteiger partial charge on any atom is 0.0704 e. The highest BCUT2D eigenvalue weighted by Crippen LogP contribution is 2.14. The van der Waals surface area contributed by atoms with Crippen LogP contribution in [0.25, 0.3) is 0 Å². The molecular formula is C7H11NO. The van der Waals surface area contributed by atoms with E-state index in [2.05, 4.69) is 6.07 Å². The first-order chi connectivity index (χ1) is 4.43. The second-order valence-electron chi connectivity index (χ2n) is 2.35. The molecule has 0 aromatic rings. The molecule has 0 aliphatic carbocycles. The highest BCUT2D eigenvalue weighted by molar-refractivity contribution is 4.77. The molecule has 1 aliphatic rings. The van der Waals surface area contributed by atoms with E-state index in [1.54, 1.807) is 0 Å². The maximum atomic E-state index is 8.29. The highest BCUT2D eigenvalue weighted by Gasteiger charge is 2.11. The first kappa shape index (κ1) is 6.57. The summed E-state index contributed by atoms with van der Waals surface area (Å²) in [4.78, 5) is 0. The summed E-state index contributed by atoms with van der Waals surface area (Å²) in [6.45, 7) is 0.854. The van der Waals surface area contributed by atoms with Gasteiger partial charge >= 0.3 is 0 Å². The molecule has 1 heterocycles. The van der Waals surface area contributed by atoms with Crippen LogP contribution >= 0.6 is 0 Å². The Morgan fingerprint density at radius 2 is 2.44 bits per heavy atom. The fraction of sp³-hybridized carbons (Fsp3) is 0.857. The molecule has 0 spiro atoms. The van der Waals surface area contributed by atoms with Crippen LogP contribution in [-0.4, -0.2) is 12.7 Å². The summed E-state index contributed by atoms with van der Waals surface area (Å²) in [6.07, 6.45) is 4.28. The van der Waals surface area contributed by atoms with E-state index < -0.39 is 0 Å². The summed E-state index contributed by atoms with van der Waals surface area (Å²) in [7, 11) is 0. The van der Waals surface area contributed by atoms with Gasteiger partial charge in [-0.25, -0.2) is 0 Å². The zero-order chi connectivity index (χ0) is 6.53. The molecule has 0 aromatic heterocycles. The summed E-state index contributed by atoms with van der Waals surface area (Å²) < 4.78 is 5.30. The van der Waals surface area contributed by atoms with Gasteiger partial charge in [0.1, 0.15) is 0 Å². The van der Waals surface area contributed by atoms with Crippen LogP contribution in [0, 0.1) is 11.3 Å². The lowest BCUT2D eigenvalue weighted by atomic mass is 10.1. The molecule has 0 unspecified atom stereocenters. The molecule has 2 heteroatoms. The third-order valence-corrected chi connectivity index (χ3v) is 1.59. The standard InChI is InChI=1S/C7H11NO/c8-5-4-7-3-1-2-6-9-7/h7H,1-4,6H2/t7-/m1/s1. The van der Waals surface area contributed by atoms with Gasteiger partial charge in [-0.15, -0.1) is 0 Å². The molecule has 50 valence electrons. The molecule has 0 radical (unpaired) electrons. The normalized spacial score (nSPS) is 27.2. The predicted octanol–water partition coefficient (Wildman–Crippen LogP) is 1.47. The lowest BCUT2D eigenvalue weighted by molar-refractivity contribution is 0.0195. The van der Waals surface area contributed by atoms with Gasteiger partial charge in [-0.2, -0.15) is 5.26 Å². The van der Waals surface area contributed by atoms with Gasteiger partial charge in [0, 0.05) is 6.61 Å². The van der Waals surface area contributed by atoms with Crippen LogP contribution in [0.15, 0.2) is 0 Å². The van der Waals surface area contributed by atoms with Crippen molar-refractivity contribution in [3.63, 3.8) is 0 Å². The van der Waals surface area contributed by atoms with Crippen LogP contribution in [0.1, 0.15) is 25.7 Å². The molecule has 1 atom stereocenters.